The minimum atomic E-state index is -3.13. The zero-order chi connectivity index (χ0) is 45.3. The third-order valence-corrected chi connectivity index (χ3v) is 13.1. The maximum absolute atomic E-state index is 15.9. The van der Waals surface area contributed by atoms with Crippen molar-refractivity contribution in [2.24, 2.45) is 0 Å². The molecule has 2 N–H and O–H groups in total. The van der Waals surface area contributed by atoms with E-state index in [-0.39, 0.29) is 11.6 Å². The summed E-state index contributed by atoms with van der Waals surface area (Å²) in [6.07, 6.45) is 3.77. The van der Waals surface area contributed by atoms with Crippen molar-refractivity contribution in [3.63, 3.8) is 0 Å². The molecule has 64 heavy (non-hydrogen) atoms. The molecule has 0 saturated carbocycles. The molecule has 0 bridgehead atoms. The molecule has 2 unspecified atom stereocenters. The predicted octanol–water partition coefficient (Wildman–Crippen LogP) is 9.69. The number of carbonyl (C=O) groups excluding carboxylic acids is 2. The summed E-state index contributed by atoms with van der Waals surface area (Å²) in [6, 6.07) is 31.4. The van der Waals surface area contributed by atoms with E-state index >= 15 is 17.6 Å². The van der Waals surface area contributed by atoms with Crippen LogP contribution in [-0.4, -0.2) is 103 Å². The second-order valence-electron chi connectivity index (χ2n) is 16.6. The number of hydrogen-bond donors (Lipinski definition) is 2. The van der Waals surface area contributed by atoms with Crippen LogP contribution in [0.4, 0.5) is 17.6 Å². The van der Waals surface area contributed by atoms with Gasteiger partial charge in [-0.05, 0) is 48.4 Å². The molecular weight excluding hydrogens is 821 g/mol. The van der Waals surface area contributed by atoms with Gasteiger partial charge in [0.25, 0.3) is 11.8 Å². The van der Waals surface area contributed by atoms with Gasteiger partial charge >= 0.3 is 0 Å². The van der Waals surface area contributed by atoms with Crippen LogP contribution in [0, 0.1) is 0 Å². The molecule has 8 rings (SSSR count). The second-order valence-corrected chi connectivity index (χ2v) is 16.6. The number of hydrogen-bond acceptors (Lipinski definition) is 8. The number of H-pyrrole nitrogens is 2. The Hall–Kier alpha value is -5.80. The van der Waals surface area contributed by atoms with Gasteiger partial charge in [0.15, 0.2) is 23.9 Å². The highest BCUT2D eigenvalue weighted by Gasteiger charge is 2.58. The van der Waals surface area contributed by atoms with Crippen molar-refractivity contribution in [1.29, 1.82) is 0 Å². The molecule has 4 aromatic carbocycles. The molecule has 2 fully saturated rings. The first-order valence-corrected chi connectivity index (χ1v) is 22.0. The summed E-state index contributed by atoms with van der Waals surface area (Å²) in [5.74, 6) is -5.73. The summed E-state index contributed by atoms with van der Waals surface area (Å²) in [5, 5.41) is 0. The van der Waals surface area contributed by atoms with E-state index in [4.69, 9.17) is 9.97 Å². The summed E-state index contributed by atoms with van der Waals surface area (Å²) in [7, 11) is 0. The summed E-state index contributed by atoms with van der Waals surface area (Å²) in [6.45, 7) is 8.01. The Morgan fingerprint density at radius 1 is 0.594 bits per heavy atom. The Balaban J connectivity index is 1.25. The Kier molecular flexibility index (Phi) is 12.6. The maximum atomic E-state index is 15.9. The Morgan fingerprint density at radius 2 is 1.00 bits per heavy atom. The van der Waals surface area contributed by atoms with E-state index in [0.29, 0.717) is 59.8 Å². The molecule has 4 heterocycles. The number of rotatable bonds is 17. The lowest BCUT2D eigenvalue weighted by atomic mass is 9.92. The summed E-state index contributed by atoms with van der Waals surface area (Å²) >= 11 is 0. The van der Waals surface area contributed by atoms with Gasteiger partial charge in [-0.1, -0.05) is 137 Å². The van der Waals surface area contributed by atoms with Gasteiger partial charge in [0, 0.05) is 36.4 Å². The molecule has 10 nitrogen and oxygen atoms in total. The number of nitrogens with zero attached hydrogens (tertiary/aromatic N) is 6. The van der Waals surface area contributed by atoms with Crippen molar-refractivity contribution >= 4 is 12.6 Å². The molecule has 2 saturated heterocycles. The molecule has 2 aliphatic heterocycles. The van der Waals surface area contributed by atoms with Crippen LogP contribution in [-0.2, 0) is 20.9 Å². The van der Waals surface area contributed by atoms with Crippen LogP contribution in [0.3, 0.4) is 0 Å². The molecule has 14 heteroatoms. The number of carbonyl (C=O) groups is 2. The van der Waals surface area contributed by atoms with Crippen molar-refractivity contribution in [3.8, 4) is 33.6 Å². The SMILES string of the molecule is CCN(CC)C(C=O)(c1ccccc1)N1CC(F)(F)C[C@H]1c1nc(-c2cccc(-c3ccccc3)c2-c2c[nH]c([C@@H]3CC(F)(F)CN3C(C=O)(c3ccccc3)N(CC)CC)n2)c[nH]1. The Morgan fingerprint density at radius 3 is 1.44 bits per heavy atom. The highest BCUT2D eigenvalue weighted by atomic mass is 19.3. The maximum Gasteiger partial charge on any atom is 0.262 e. The second kappa shape index (κ2) is 18.0. The quantitative estimate of drug-likeness (QED) is 0.0690. The number of halogens is 4. The number of likely N-dealkylation sites (N-methyl/N-ethyl adjacent to an activating group) is 2. The van der Waals surface area contributed by atoms with Crippen LogP contribution in [0.2, 0.25) is 0 Å². The van der Waals surface area contributed by atoms with E-state index < -0.39 is 61.2 Å². The third-order valence-electron chi connectivity index (χ3n) is 13.1. The van der Waals surface area contributed by atoms with Crippen LogP contribution < -0.4 is 0 Å². The van der Waals surface area contributed by atoms with Gasteiger partial charge in [0.2, 0.25) is 0 Å². The van der Waals surface area contributed by atoms with Crippen molar-refractivity contribution in [2.45, 2.75) is 75.8 Å². The number of aldehydes is 2. The van der Waals surface area contributed by atoms with Crippen molar-refractivity contribution in [1.82, 2.24) is 39.5 Å². The third kappa shape index (κ3) is 7.80. The van der Waals surface area contributed by atoms with Gasteiger partial charge in [-0.3, -0.25) is 29.2 Å². The van der Waals surface area contributed by atoms with Crippen LogP contribution in [0.15, 0.2) is 122 Å². The molecule has 0 aliphatic carbocycles. The lowest BCUT2D eigenvalue weighted by Crippen LogP contribution is -2.59. The summed E-state index contributed by atoms with van der Waals surface area (Å²) in [5.41, 5.74) is 1.94. The van der Waals surface area contributed by atoms with E-state index in [1.807, 2.05) is 98.2 Å². The summed E-state index contributed by atoms with van der Waals surface area (Å²) < 4.78 is 63.4. The lowest BCUT2D eigenvalue weighted by Gasteiger charge is -2.47. The number of aromatic nitrogens is 4. The van der Waals surface area contributed by atoms with Gasteiger partial charge in [-0.25, -0.2) is 27.5 Å². The van der Waals surface area contributed by atoms with E-state index in [0.717, 1.165) is 23.7 Å². The molecule has 4 atom stereocenters. The molecule has 0 radical (unpaired) electrons. The standard InChI is InChI=1S/C50H54F4N8O2/c1-5-59(6-2)49(33-63,36-21-14-10-15-22-36)61-31-47(51,52)27-42(61)45-55-29-40(57-45)39-26-18-25-38(35-19-12-9-13-20-35)44(39)41-30-56-46(58-41)43-28-48(53,54)32-62(43)50(34-64,60(7-3)8-4)37-23-16-11-17-24-37/h9-26,29-30,33-34,42-43H,5-8,27-28,31-32H2,1-4H3,(H,55,57)(H,56,58)/t42-,43-,49?,50?/m0/s1. The minimum absolute atomic E-state index is 0.268. The molecule has 0 spiro atoms. The van der Waals surface area contributed by atoms with Crippen LogP contribution >= 0.6 is 0 Å². The molecule has 334 valence electrons. The van der Waals surface area contributed by atoms with Crippen molar-refractivity contribution < 1.29 is 27.2 Å². The fourth-order valence-electron chi connectivity index (χ4n) is 10.3. The number of imidazole rings is 2. The average Bonchev–Trinajstić information content (AvgIpc) is 4.13. The largest absolute Gasteiger partial charge is 0.347 e. The van der Waals surface area contributed by atoms with E-state index in [1.54, 1.807) is 70.7 Å². The average molecular weight is 875 g/mol. The van der Waals surface area contributed by atoms with Gasteiger partial charge in [-0.2, -0.15) is 0 Å². The Labute approximate surface area is 371 Å². The number of benzene rings is 4. The molecule has 6 aromatic rings. The highest BCUT2D eigenvalue weighted by Crippen LogP contribution is 2.51. The predicted molar refractivity (Wildman–Crippen MR) is 239 cm³/mol. The Bertz CT molecular complexity index is 2530. The zero-order valence-electron chi connectivity index (χ0n) is 36.5. The van der Waals surface area contributed by atoms with Gasteiger partial charge in [0.1, 0.15) is 11.6 Å². The number of likely N-dealkylation sites (tertiary alicyclic amines) is 2. The molecular formula is C50H54F4N8O2. The van der Waals surface area contributed by atoms with Crippen LogP contribution in [0.25, 0.3) is 33.6 Å². The number of aromatic amines is 2. The van der Waals surface area contributed by atoms with E-state index in [2.05, 4.69) is 9.97 Å². The summed E-state index contributed by atoms with van der Waals surface area (Å²) in [4.78, 5) is 50.5. The van der Waals surface area contributed by atoms with E-state index in [1.165, 1.54) is 0 Å². The van der Waals surface area contributed by atoms with E-state index in [9.17, 15) is 9.59 Å². The fourth-order valence-corrected chi connectivity index (χ4v) is 10.3. The van der Waals surface area contributed by atoms with Crippen molar-refractivity contribution in [2.75, 3.05) is 39.3 Å². The van der Waals surface area contributed by atoms with Crippen LogP contribution in [0.1, 0.15) is 75.4 Å². The van der Waals surface area contributed by atoms with Gasteiger partial charge in [0.05, 0.1) is 36.6 Å². The monoisotopic (exact) mass is 874 g/mol. The van der Waals surface area contributed by atoms with Gasteiger partial charge < -0.3 is 9.97 Å². The normalized spacial score (nSPS) is 20.7. The van der Waals surface area contributed by atoms with Crippen LogP contribution in [0.5, 0.6) is 0 Å². The van der Waals surface area contributed by atoms with Gasteiger partial charge in [-0.15, -0.1) is 0 Å². The first kappa shape index (κ1) is 44.8. The molecule has 0 amide bonds. The first-order chi connectivity index (χ1) is 30.9. The van der Waals surface area contributed by atoms with Crippen molar-refractivity contribution in [3.05, 3.63) is 144 Å². The first-order valence-electron chi connectivity index (χ1n) is 22.0. The molecule has 2 aliphatic rings. The number of alkyl halides is 4. The minimum Gasteiger partial charge on any atom is -0.347 e. The fraction of sp³-hybridized carbons (Fsp3) is 0.360. The smallest absolute Gasteiger partial charge is 0.262 e. The highest BCUT2D eigenvalue weighted by molar-refractivity contribution is 5.92. The topological polar surface area (TPSA) is 104 Å². The molecule has 2 aromatic heterocycles. The lowest BCUT2D eigenvalue weighted by molar-refractivity contribution is -0.140. The number of nitrogens with one attached hydrogen (secondary N) is 2. The zero-order valence-corrected chi connectivity index (χ0v) is 36.5.